The Morgan fingerprint density at radius 2 is 1.71 bits per heavy atom. The second kappa shape index (κ2) is 4.57. The minimum absolute atomic E-state index is 0.119. The molecule has 0 unspecified atom stereocenters. The first-order valence-corrected chi connectivity index (χ1v) is 5.35. The topological polar surface area (TPSA) is 57.6 Å². The number of hydrogen-bond donors (Lipinski definition) is 1. The Balaban J connectivity index is 3.17. The Hall–Kier alpha value is -1.84. The predicted octanol–water partition coefficient (Wildman–Crippen LogP) is 2.39. The fourth-order valence-corrected chi connectivity index (χ4v) is 1.56. The Morgan fingerprint density at radius 1 is 1.18 bits per heavy atom. The molecule has 0 heterocycles. The number of carbonyl (C=O) groups is 2. The van der Waals surface area contributed by atoms with E-state index >= 15 is 0 Å². The van der Waals surface area contributed by atoms with Gasteiger partial charge in [-0.25, -0.2) is 4.79 Å². The van der Waals surface area contributed by atoms with Crippen LogP contribution >= 0.6 is 0 Å². The third kappa shape index (κ3) is 2.84. The van der Waals surface area contributed by atoms with Gasteiger partial charge in [0.25, 0.3) is 0 Å². The second-order valence-electron chi connectivity index (χ2n) is 4.94. The van der Waals surface area contributed by atoms with Crippen LogP contribution in [-0.2, 0) is 4.79 Å². The lowest BCUT2D eigenvalue weighted by atomic mass is 9.94. The van der Waals surface area contributed by atoms with Crippen molar-refractivity contribution in [1.82, 2.24) is 0 Å². The maximum atomic E-state index is 12.1. The molecule has 0 saturated heterocycles. The number of hydrogen-bond acceptors (Lipinski definition) is 2. The molecule has 0 radical (unpaired) electrons. The number of anilines is 1. The second-order valence-corrected chi connectivity index (χ2v) is 4.94. The van der Waals surface area contributed by atoms with E-state index in [4.69, 9.17) is 5.11 Å². The van der Waals surface area contributed by atoms with Crippen LogP contribution in [0.4, 0.5) is 5.69 Å². The normalized spacial score (nSPS) is 11.1. The summed E-state index contributed by atoms with van der Waals surface area (Å²) in [6.07, 6.45) is 0. The van der Waals surface area contributed by atoms with Gasteiger partial charge in [0, 0.05) is 12.5 Å². The van der Waals surface area contributed by atoms with E-state index < -0.39 is 11.4 Å². The smallest absolute Gasteiger partial charge is 0.337 e. The minimum Gasteiger partial charge on any atom is -0.478 e. The number of para-hydroxylation sites is 1. The van der Waals surface area contributed by atoms with Crippen LogP contribution in [0, 0.1) is 5.41 Å². The Kier molecular flexibility index (Phi) is 3.56. The van der Waals surface area contributed by atoms with Crippen molar-refractivity contribution >= 4 is 17.6 Å². The van der Waals surface area contributed by atoms with Crippen molar-refractivity contribution in [3.05, 3.63) is 29.8 Å². The van der Waals surface area contributed by atoms with E-state index in [2.05, 4.69) is 0 Å². The summed E-state index contributed by atoms with van der Waals surface area (Å²) in [5.74, 6) is -1.15. The van der Waals surface area contributed by atoms with Gasteiger partial charge in [-0.05, 0) is 12.1 Å². The van der Waals surface area contributed by atoms with Crippen molar-refractivity contribution < 1.29 is 14.7 Å². The first-order chi connectivity index (χ1) is 7.75. The molecule has 0 aromatic heterocycles. The summed E-state index contributed by atoms with van der Waals surface area (Å²) >= 11 is 0. The van der Waals surface area contributed by atoms with Crippen molar-refractivity contribution in [3.63, 3.8) is 0 Å². The number of carboxylic acid groups (broad SMARTS) is 1. The largest absolute Gasteiger partial charge is 0.478 e. The van der Waals surface area contributed by atoms with Gasteiger partial charge in [0.15, 0.2) is 0 Å². The van der Waals surface area contributed by atoms with Crippen LogP contribution in [0.15, 0.2) is 24.3 Å². The van der Waals surface area contributed by atoms with E-state index in [-0.39, 0.29) is 11.5 Å². The monoisotopic (exact) mass is 235 g/mol. The summed E-state index contributed by atoms with van der Waals surface area (Å²) in [6, 6.07) is 6.48. The van der Waals surface area contributed by atoms with Gasteiger partial charge in [0.2, 0.25) is 5.91 Å². The molecule has 1 aromatic carbocycles. The number of rotatable bonds is 2. The molecule has 0 spiro atoms. The summed E-state index contributed by atoms with van der Waals surface area (Å²) < 4.78 is 0. The summed E-state index contributed by atoms with van der Waals surface area (Å²) in [5, 5.41) is 9.06. The number of carbonyl (C=O) groups excluding carboxylic acids is 1. The molecule has 0 aliphatic rings. The number of nitrogens with zero attached hydrogens (tertiary/aromatic N) is 1. The molecule has 92 valence electrons. The molecule has 0 atom stereocenters. The molecule has 4 nitrogen and oxygen atoms in total. The highest BCUT2D eigenvalue weighted by Gasteiger charge is 2.27. The molecule has 0 aliphatic carbocycles. The lowest BCUT2D eigenvalue weighted by molar-refractivity contribution is -0.125. The van der Waals surface area contributed by atoms with E-state index in [1.807, 2.05) is 0 Å². The third-order valence-electron chi connectivity index (χ3n) is 2.44. The van der Waals surface area contributed by atoms with E-state index in [0.29, 0.717) is 5.69 Å². The van der Waals surface area contributed by atoms with Crippen LogP contribution in [0.2, 0.25) is 0 Å². The fourth-order valence-electron chi connectivity index (χ4n) is 1.56. The molecular weight excluding hydrogens is 218 g/mol. The summed E-state index contributed by atoms with van der Waals surface area (Å²) in [6.45, 7) is 5.40. The molecule has 0 bridgehead atoms. The van der Waals surface area contributed by atoms with Crippen LogP contribution in [0.5, 0.6) is 0 Å². The van der Waals surface area contributed by atoms with Gasteiger partial charge in [-0.2, -0.15) is 0 Å². The number of aromatic carboxylic acids is 1. The highest BCUT2D eigenvalue weighted by atomic mass is 16.4. The molecule has 0 saturated carbocycles. The predicted molar refractivity (Wildman–Crippen MR) is 66.3 cm³/mol. The van der Waals surface area contributed by atoms with Crippen molar-refractivity contribution in [3.8, 4) is 0 Å². The zero-order chi connectivity index (χ0) is 13.2. The van der Waals surface area contributed by atoms with Crippen molar-refractivity contribution in [2.24, 2.45) is 5.41 Å². The molecule has 17 heavy (non-hydrogen) atoms. The third-order valence-corrected chi connectivity index (χ3v) is 2.44. The maximum Gasteiger partial charge on any atom is 0.337 e. The summed E-state index contributed by atoms with van der Waals surface area (Å²) in [5.41, 5.74) is 0.00733. The zero-order valence-electron chi connectivity index (χ0n) is 10.5. The minimum atomic E-state index is -1.03. The van der Waals surface area contributed by atoms with E-state index in [1.165, 1.54) is 11.0 Å². The quantitative estimate of drug-likeness (QED) is 0.856. The highest BCUT2D eigenvalue weighted by Crippen LogP contribution is 2.24. The molecule has 1 rings (SSSR count). The van der Waals surface area contributed by atoms with Crippen LogP contribution in [0.3, 0.4) is 0 Å². The van der Waals surface area contributed by atoms with Crippen LogP contribution in [-0.4, -0.2) is 24.0 Å². The first-order valence-electron chi connectivity index (χ1n) is 5.35. The Morgan fingerprint density at radius 3 is 2.18 bits per heavy atom. The Labute approximate surface area is 101 Å². The lowest BCUT2D eigenvalue weighted by Gasteiger charge is -2.26. The number of benzene rings is 1. The molecule has 1 amide bonds. The van der Waals surface area contributed by atoms with Gasteiger partial charge in [0.05, 0.1) is 11.3 Å². The van der Waals surface area contributed by atoms with Gasteiger partial charge < -0.3 is 10.0 Å². The molecule has 0 aliphatic heterocycles. The first kappa shape index (κ1) is 13.2. The van der Waals surface area contributed by atoms with Crippen LogP contribution < -0.4 is 4.90 Å². The van der Waals surface area contributed by atoms with Gasteiger partial charge in [-0.1, -0.05) is 32.9 Å². The van der Waals surface area contributed by atoms with Gasteiger partial charge >= 0.3 is 5.97 Å². The van der Waals surface area contributed by atoms with Gasteiger partial charge in [0.1, 0.15) is 0 Å². The molecular formula is C13H17NO3. The SMILES string of the molecule is CN(C(=O)C(C)(C)C)c1ccccc1C(=O)O. The number of amides is 1. The van der Waals surface area contributed by atoms with Crippen molar-refractivity contribution in [2.75, 3.05) is 11.9 Å². The maximum absolute atomic E-state index is 12.1. The number of carboxylic acids is 1. The molecule has 1 N–H and O–H groups in total. The van der Waals surface area contributed by atoms with E-state index in [1.54, 1.807) is 46.0 Å². The fraction of sp³-hybridized carbons (Fsp3) is 0.385. The van der Waals surface area contributed by atoms with Gasteiger partial charge in [-0.3, -0.25) is 4.79 Å². The molecule has 0 fully saturated rings. The molecule has 1 aromatic rings. The van der Waals surface area contributed by atoms with Crippen molar-refractivity contribution in [2.45, 2.75) is 20.8 Å². The average molecular weight is 235 g/mol. The van der Waals surface area contributed by atoms with Crippen molar-refractivity contribution in [1.29, 1.82) is 0 Å². The Bertz CT molecular complexity index is 446. The lowest BCUT2D eigenvalue weighted by Crippen LogP contribution is -2.37. The van der Waals surface area contributed by atoms with E-state index in [0.717, 1.165) is 0 Å². The van der Waals surface area contributed by atoms with Gasteiger partial charge in [-0.15, -0.1) is 0 Å². The molecule has 4 heteroatoms. The average Bonchev–Trinajstić information content (AvgIpc) is 2.25. The van der Waals surface area contributed by atoms with E-state index in [9.17, 15) is 9.59 Å². The van der Waals surface area contributed by atoms with Crippen LogP contribution in [0.25, 0.3) is 0 Å². The standard InChI is InChI=1S/C13H17NO3/c1-13(2,3)12(17)14(4)10-8-6-5-7-9(10)11(15)16/h5-8H,1-4H3,(H,15,16). The summed E-state index contributed by atoms with van der Waals surface area (Å²) in [4.78, 5) is 24.5. The van der Waals surface area contributed by atoms with Crippen LogP contribution in [0.1, 0.15) is 31.1 Å². The summed E-state index contributed by atoms with van der Waals surface area (Å²) in [7, 11) is 1.59. The highest BCUT2D eigenvalue weighted by molar-refractivity contribution is 6.03. The zero-order valence-corrected chi connectivity index (χ0v) is 10.5.